The van der Waals surface area contributed by atoms with Gasteiger partial charge < -0.3 is 5.32 Å². The molecule has 0 aliphatic rings. The Balaban J connectivity index is 1.65. The normalized spacial score (nSPS) is 10.4. The first-order valence-corrected chi connectivity index (χ1v) is 6.91. The molecule has 3 aromatic heterocycles. The fourth-order valence-corrected chi connectivity index (χ4v) is 1.97. The number of rotatable bonds is 4. The van der Waals surface area contributed by atoms with Gasteiger partial charge in [-0.3, -0.25) is 4.98 Å². The molecule has 5 nitrogen and oxygen atoms in total. The average molecular weight is 330 g/mol. The lowest BCUT2D eigenvalue weighted by Crippen LogP contribution is -2.03. The van der Waals surface area contributed by atoms with Crippen LogP contribution in [0.2, 0.25) is 0 Å². The number of nitrogens with one attached hydrogen (secondary N) is 1. The molecule has 0 fully saturated rings. The number of pyridine rings is 2. The number of hydrogen-bond acceptors (Lipinski definition) is 4. The molecule has 6 heteroatoms. The minimum atomic E-state index is 0.663. The fourth-order valence-electron chi connectivity index (χ4n) is 1.73. The van der Waals surface area contributed by atoms with Crippen molar-refractivity contribution in [1.82, 2.24) is 19.7 Å². The topological polar surface area (TPSA) is 55.6 Å². The second-order valence-electron chi connectivity index (χ2n) is 4.18. The summed E-state index contributed by atoms with van der Waals surface area (Å²) in [6.45, 7) is 0.663. The minimum absolute atomic E-state index is 0.663. The quantitative estimate of drug-likeness (QED) is 0.799. The van der Waals surface area contributed by atoms with Crippen molar-refractivity contribution in [2.45, 2.75) is 6.54 Å². The Labute approximate surface area is 124 Å². The number of aromatic nitrogens is 4. The van der Waals surface area contributed by atoms with E-state index in [1.165, 1.54) is 0 Å². The fraction of sp³-hybridized carbons (Fsp3) is 0.0714. The third-order valence-corrected chi connectivity index (χ3v) is 3.22. The Kier molecular flexibility index (Phi) is 3.73. The highest BCUT2D eigenvalue weighted by Gasteiger charge is 1.99. The van der Waals surface area contributed by atoms with Gasteiger partial charge >= 0.3 is 0 Å². The maximum absolute atomic E-state index is 4.36. The van der Waals surface area contributed by atoms with Crippen LogP contribution in [-0.2, 0) is 6.54 Å². The Hall–Kier alpha value is -2.21. The van der Waals surface area contributed by atoms with Crippen LogP contribution in [0.15, 0.2) is 59.6 Å². The molecule has 0 unspecified atom stereocenters. The van der Waals surface area contributed by atoms with Crippen LogP contribution >= 0.6 is 15.9 Å². The van der Waals surface area contributed by atoms with Crippen LogP contribution in [0.1, 0.15) is 5.69 Å². The van der Waals surface area contributed by atoms with Crippen molar-refractivity contribution < 1.29 is 0 Å². The van der Waals surface area contributed by atoms with Crippen LogP contribution < -0.4 is 5.32 Å². The van der Waals surface area contributed by atoms with Gasteiger partial charge in [0.15, 0.2) is 5.82 Å². The Morgan fingerprint density at radius 1 is 1.10 bits per heavy atom. The summed E-state index contributed by atoms with van der Waals surface area (Å²) in [5.74, 6) is 0.794. The molecule has 3 heterocycles. The molecule has 1 N–H and O–H groups in total. The van der Waals surface area contributed by atoms with Crippen molar-refractivity contribution in [3.8, 4) is 5.82 Å². The van der Waals surface area contributed by atoms with E-state index in [1.54, 1.807) is 23.3 Å². The monoisotopic (exact) mass is 329 g/mol. The molecular formula is C14H12BrN5. The van der Waals surface area contributed by atoms with Gasteiger partial charge in [-0.2, -0.15) is 5.10 Å². The van der Waals surface area contributed by atoms with Crippen molar-refractivity contribution in [2.24, 2.45) is 0 Å². The molecule has 0 amide bonds. The van der Waals surface area contributed by atoms with Crippen LogP contribution in [0, 0.1) is 0 Å². The van der Waals surface area contributed by atoms with Crippen molar-refractivity contribution in [3.05, 3.63) is 65.3 Å². The molecular weight excluding hydrogens is 318 g/mol. The van der Waals surface area contributed by atoms with Gasteiger partial charge in [0.05, 0.1) is 24.1 Å². The Bertz CT molecular complexity index is 662. The third kappa shape index (κ3) is 3.03. The molecule has 3 rings (SSSR count). The Morgan fingerprint density at radius 3 is 2.70 bits per heavy atom. The minimum Gasteiger partial charge on any atom is -0.378 e. The van der Waals surface area contributed by atoms with E-state index in [2.05, 4.69) is 36.3 Å². The van der Waals surface area contributed by atoms with E-state index >= 15 is 0 Å². The van der Waals surface area contributed by atoms with E-state index in [1.807, 2.05) is 36.5 Å². The first-order valence-electron chi connectivity index (χ1n) is 6.12. The molecule has 0 saturated heterocycles. The van der Waals surface area contributed by atoms with Crippen molar-refractivity contribution in [2.75, 3.05) is 5.32 Å². The highest BCUT2D eigenvalue weighted by Crippen LogP contribution is 2.11. The first-order chi connectivity index (χ1) is 9.81. The van der Waals surface area contributed by atoms with E-state index in [9.17, 15) is 0 Å². The maximum atomic E-state index is 4.36. The maximum Gasteiger partial charge on any atom is 0.153 e. The highest BCUT2D eigenvalue weighted by molar-refractivity contribution is 9.10. The molecule has 20 heavy (non-hydrogen) atoms. The van der Waals surface area contributed by atoms with Gasteiger partial charge in [0.1, 0.15) is 0 Å². The van der Waals surface area contributed by atoms with Crippen LogP contribution in [0.4, 0.5) is 5.69 Å². The molecule has 0 radical (unpaired) electrons. The summed E-state index contributed by atoms with van der Waals surface area (Å²) in [5.41, 5.74) is 1.93. The van der Waals surface area contributed by atoms with E-state index < -0.39 is 0 Å². The Morgan fingerprint density at radius 2 is 2.05 bits per heavy atom. The number of halogens is 1. The number of hydrogen-bond donors (Lipinski definition) is 1. The van der Waals surface area contributed by atoms with Gasteiger partial charge in [-0.15, -0.1) is 0 Å². The molecule has 0 aliphatic carbocycles. The average Bonchev–Trinajstić information content (AvgIpc) is 3.01. The largest absolute Gasteiger partial charge is 0.378 e. The summed E-state index contributed by atoms with van der Waals surface area (Å²) in [4.78, 5) is 8.67. The lowest BCUT2D eigenvalue weighted by molar-refractivity contribution is 0.847. The first kappa shape index (κ1) is 12.8. The second kappa shape index (κ2) is 5.83. The van der Waals surface area contributed by atoms with Gasteiger partial charge in [-0.1, -0.05) is 0 Å². The van der Waals surface area contributed by atoms with Crippen LogP contribution in [0.5, 0.6) is 0 Å². The molecule has 0 aromatic carbocycles. The molecule has 100 valence electrons. The van der Waals surface area contributed by atoms with E-state index in [0.29, 0.717) is 6.54 Å². The second-order valence-corrected chi connectivity index (χ2v) is 5.09. The summed E-state index contributed by atoms with van der Waals surface area (Å²) < 4.78 is 2.70. The number of nitrogens with zero attached hydrogens (tertiary/aromatic N) is 4. The number of anilines is 1. The summed E-state index contributed by atoms with van der Waals surface area (Å²) in [5, 5.41) is 7.42. The van der Waals surface area contributed by atoms with Crippen LogP contribution in [0.25, 0.3) is 5.82 Å². The molecule has 0 atom stereocenters. The third-order valence-electron chi connectivity index (χ3n) is 2.75. The van der Waals surface area contributed by atoms with Crippen LogP contribution in [-0.4, -0.2) is 19.7 Å². The lowest BCUT2D eigenvalue weighted by Gasteiger charge is -2.06. The molecule has 0 aliphatic heterocycles. The predicted octanol–water partition coefficient (Wildman–Crippen LogP) is 3.04. The molecule has 3 aromatic rings. The zero-order chi connectivity index (χ0) is 13.8. The van der Waals surface area contributed by atoms with Gasteiger partial charge in [0, 0.05) is 23.1 Å². The van der Waals surface area contributed by atoms with Crippen molar-refractivity contribution in [1.29, 1.82) is 0 Å². The van der Waals surface area contributed by atoms with E-state index in [4.69, 9.17) is 0 Å². The van der Waals surface area contributed by atoms with Crippen LogP contribution in [0.3, 0.4) is 0 Å². The summed E-state index contributed by atoms with van der Waals surface area (Å²) >= 11 is 3.37. The zero-order valence-corrected chi connectivity index (χ0v) is 12.2. The summed E-state index contributed by atoms with van der Waals surface area (Å²) in [7, 11) is 0. The molecule has 0 saturated carbocycles. The summed E-state index contributed by atoms with van der Waals surface area (Å²) in [6.07, 6.45) is 7.17. The smallest absolute Gasteiger partial charge is 0.153 e. The van der Waals surface area contributed by atoms with Gasteiger partial charge in [-0.25, -0.2) is 9.67 Å². The predicted molar refractivity (Wildman–Crippen MR) is 80.6 cm³/mol. The van der Waals surface area contributed by atoms with Gasteiger partial charge in [0.25, 0.3) is 0 Å². The lowest BCUT2D eigenvalue weighted by atomic mass is 10.3. The van der Waals surface area contributed by atoms with Crippen molar-refractivity contribution in [3.63, 3.8) is 0 Å². The van der Waals surface area contributed by atoms with Crippen molar-refractivity contribution >= 4 is 21.6 Å². The molecule has 0 spiro atoms. The summed E-state index contributed by atoms with van der Waals surface area (Å²) in [6, 6.07) is 9.71. The SMILES string of the molecule is Brc1ccc(CNc2ccc(-n3cccn3)nc2)nc1. The van der Waals surface area contributed by atoms with Gasteiger partial charge in [0.2, 0.25) is 0 Å². The zero-order valence-electron chi connectivity index (χ0n) is 10.6. The molecule has 0 bridgehead atoms. The van der Waals surface area contributed by atoms with E-state index in [0.717, 1.165) is 21.7 Å². The highest BCUT2D eigenvalue weighted by atomic mass is 79.9. The van der Waals surface area contributed by atoms with E-state index in [-0.39, 0.29) is 0 Å². The van der Waals surface area contributed by atoms with Gasteiger partial charge in [-0.05, 0) is 46.3 Å². The standard InChI is InChI=1S/C14H12BrN5/c15-11-2-3-12(16-8-11)9-17-13-4-5-14(18-10-13)20-7-1-6-19-20/h1-8,10,17H,9H2.